The Morgan fingerprint density at radius 3 is 1.27 bits per heavy atom. The van der Waals surface area contributed by atoms with Crippen molar-refractivity contribution < 1.29 is 23.8 Å². The van der Waals surface area contributed by atoms with E-state index in [4.69, 9.17) is 14.2 Å². The molecule has 0 heterocycles. The number of carbonyl (C=O) groups excluding carboxylic acids is 2. The first-order valence-corrected chi connectivity index (χ1v) is 26.1. The molecule has 0 aromatic rings. The van der Waals surface area contributed by atoms with Crippen LogP contribution in [0.4, 0.5) is 0 Å². The summed E-state index contributed by atoms with van der Waals surface area (Å²) in [5, 5.41) is 0. The van der Waals surface area contributed by atoms with Crippen molar-refractivity contribution in [2.75, 3.05) is 19.8 Å². The fraction of sp³-hybridized carbons (Fsp3) is 0.719. The zero-order valence-electron chi connectivity index (χ0n) is 40.9. The normalized spacial score (nSPS) is 12.9. The molecule has 1 atom stereocenters. The Hall–Kier alpha value is -2.92. The van der Waals surface area contributed by atoms with Gasteiger partial charge < -0.3 is 14.2 Å². The van der Waals surface area contributed by atoms with E-state index < -0.39 is 6.10 Å². The van der Waals surface area contributed by atoms with Crippen molar-refractivity contribution in [1.82, 2.24) is 0 Å². The molecule has 0 aliphatic rings. The molecule has 356 valence electrons. The molecular weight excluding hydrogens is 765 g/mol. The van der Waals surface area contributed by atoms with Gasteiger partial charge in [-0.15, -0.1) is 0 Å². The first-order chi connectivity index (χ1) is 30.6. The summed E-state index contributed by atoms with van der Waals surface area (Å²) >= 11 is 0. The summed E-state index contributed by atoms with van der Waals surface area (Å²) in [6.45, 7) is 7.56. The molecule has 0 bridgehead atoms. The number of allylic oxidation sites excluding steroid dienone is 13. The first-order valence-electron chi connectivity index (χ1n) is 26.1. The maximum absolute atomic E-state index is 12.8. The summed E-state index contributed by atoms with van der Waals surface area (Å²) in [5.74, 6) is -0.555. The third kappa shape index (κ3) is 49.7. The Morgan fingerprint density at radius 1 is 0.387 bits per heavy atom. The van der Waals surface area contributed by atoms with Gasteiger partial charge in [0.2, 0.25) is 0 Å². The Morgan fingerprint density at radius 2 is 0.790 bits per heavy atom. The topological polar surface area (TPSA) is 61.8 Å². The van der Waals surface area contributed by atoms with Gasteiger partial charge in [-0.3, -0.25) is 9.59 Å². The second-order valence-corrected chi connectivity index (χ2v) is 17.1. The van der Waals surface area contributed by atoms with E-state index in [0.29, 0.717) is 13.0 Å². The molecule has 5 heteroatoms. The number of carbonyl (C=O) groups is 2. The van der Waals surface area contributed by atoms with Crippen LogP contribution >= 0.6 is 0 Å². The Balaban J connectivity index is 4.32. The van der Waals surface area contributed by atoms with Gasteiger partial charge >= 0.3 is 11.9 Å². The van der Waals surface area contributed by atoms with Crippen molar-refractivity contribution in [3.8, 4) is 0 Å². The van der Waals surface area contributed by atoms with Gasteiger partial charge in [-0.25, -0.2) is 0 Å². The fourth-order valence-corrected chi connectivity index (χ4v) is 7.03. The highest BCUT2D eigenvalue weighted by Crippen LogP contribution is 2.14. The van der Waals surface area contributed by atoms with E-state index in [1.54, 1.807) is 0 Å². The lowest BCUT2D eigenvalue weighted by Crippen LogP contribution is -2.30. The molecule has 0 spiro atoms. The molecule has 0 N–H and O–H groups in total. The maximum atomic E-state index is 12.8. The quantitative estimate of drug-likeness (QED) is 0.0346. The van der Waals surface area contributed by atoms with E-state index >= 15 is 0 Å². The third-order valence-corrected chi connectivity index (χ3v) is 10.9. The molecule has 0 aromatic heterocycles. The van der Waals surface area contributed by atoms with Gasteiger partial charge in [0.15, 0.2) is 6.10 Å². The van der Waals surface area contributed by atoms with Crippen molar-refractivity contribution in [1.29, 1.82) is 0 Å². The predicted octanol–water partition coefficient (Wildman–Crippen LogP) is 17.7. The fourth-order valence-electron chi connectivity index (χ4n) is 7.03. The molecular formula is C57H98O5. The van der Waals surface area contributed by atoms with E-state index in [2.05, 4.69) is 93.7 Å². The van der Waals surface area contributed by atoms with Crippen LogP contribution < -0.4 is 0 Å². The molecule has 0 radical (unpaired) electrons. The highest BCUT2D eigenvalue weighted by Gasteiger charge is 2.17. The van der Waals surface area contributed by atoms with Crippen LogP contribution in [0, 0.1) is 0 Å². The first kappa shape index (κ1) is 59.1. The van der Waals surface area contributed by atoms with Gasteiger partial charge in [-0.05, 0) is 89.9 Å². The minimum atomic E-state index is -0.583. The van der Waals surface area contributed by atoms with Crippen molar-refractivity contribution in [3.05, 3.63) is 85.1 Å². The second kappa shape index (κ2) is 52.4. The number of unbranched alkanes of at least 4 members (excludes halogenated alkanes) is 23. The monoisotopic (exact) mass is 863 g/mol. The highest BCUT2D eigenvalue weighted by atomic mass is 16.6. The average Bonchev–Trinajstić information content (AvgIpc) is 3.27. The van der Waals surface area contributed by atoms with Crippen LogP contribution in [0.3, 0.4) is 0 Å². The van der Waals surface area contributed by atoms with Crippen LogP contribution in [-0.2, 0) is 23.8 Å². The van der Waals surface area contributed by atoms with Gasteiger partial charge in [0, 0.05) is 13.0 Å². The van der Waals surface area contributed by atoms with E-state index in [-0.39, 0.29) is 31.6 Å². The lowest BCUT2D eigenvalue weighted by atomic mass is 10.1. The molecule has 0 fully saturated rings. The lowest BCUT2D eigenvalue weighted by Gasteiger charge is -2.18. The van der Waals surface area contributed by atoms with Crippen molar-refractivity contribution >= 4 is 11.9 Å². The SMILES string of the molecule is CC/C=C\C/C=C\C/C=C\C/C=C\C/C=C\CC(=O)OCC(COCCCCCCCCCCCC/C=C\CCCCCCCC)OC(=O)CCCCCCC/C=C\CCCC. The minimum Gasteiger partial charge on any atom is -0.461 e. The Bertz CT molecular complexity index is 1160. The molecule has 0 aliphatic carbocycles. The van der Waals surface area contributed by atoms with Crippen LogP contribution in [0.5, 0.6) is 0 Å². The van der Waals surface area contributed by atoms with Crippen molar-refractivity contribution in [3.63, 3.8) is 0 Å². The Kier molecular flexibility index (Phi) is 50.0. The standard InChI is InChI=1S/C57H98O5/c1-4-7-10-13-16-19-22-24-26-27-28-29-30-32-34-37-40-43-46-49-52-60-53-55(62-57(59)51-48-45-42-39-35-21-18-15-12-9-6-3)54-61-56(58)50-47-44-41-38-36-33-31-25-23-20-17-14-11-8-5-2/h8,11,15,17-18,20,24-26,31,36,38,44,47,55H,4-7,9-10,12-14,16,19,21-23,27-30,32-35,37,39-43,45-46,48-54H2,1-3H3/b11-8-,18-15-,20-17-,26-24-,31-25-,38-36-,47-44-. The van der Waals surface area contributed by atoms with Gasteiger partial charge in [0.05, 0.1) is 13.0 Å². The molecule has 62 heavy (non-hydrogen) atoms. The Labute approximate surface area is 384 Å². The summed E-state index contributed by atoms with van der Waals surface area (Å²) < 4.78 is 17.3. The van der Waals surface area contributed by atoms with E-state index in [0.717, 1.165) is 70.6 Å². The number of rotatable bonds is 47. The molecule has 0 saturated carbocycles. The van der Waals surface area contributed by atoms with Crippen LogP contribution in [0.15, 0.2) is 85.1 Å². The molecule has 0 aromatic carbocycles. The van der Waals surface area contributed by atoms with Crippen LogP contribution in [-0.4, -0.2) is 37.9 Å². The number of ether oxygens (including phenoxy) is 3. The molecule has 0 amide bonds. The van der Waals surface area contributed by atoms with Crippen molar-refractivity contribution in [2.24, 2.45) is 0 Å². The van der Waals surface area contributed by atoms with Gasteiger partial charge in [-0.2, -0.15) is 0 Å². The number of esters is 2. The smallest absolute Gasteiger partial charge is 0.309 e. The van der Waals surface area contributed by atoms with E-state index in [1.165, 1.54) is 135 Å². The summed E-state index contributed by atoms with van der Waals surface area (Å²) in [6.07, 6.45) is 69.1. The van der Waals surface area contributed by atoms with Crippen LogP contribution in [0.25, 0.3) is 0 Å². The predicted molar refractivity (Wildman–Crippen MR) is 270 cm³/mol. The van der Waals surface area contributed by atoms with Gasteiger partial charge in [0.1, 0.15) is 6.61 Å². The maximum Gasteiger partial charge on any atom is 0.309 e. The largest absolute Gasteiger partial charge is 0.461 e. The zero-order chi connectivity index (χ0) is 44.9. The average molecular weight is 863 g/mol. The van der Waals surface area contributed by atoms with Gasteiger partial charge in [-0.1, -0.05) is 221 Å². The lowest BCUT2D eigenvalue weighted by molar-refractivity contribution is -0.162. The van der Waals surface area contributed by atoms with E-state index in [9.17, 15) is 9.59 Å². The second-order valence-electron chi connectivity index (χ2n) is 17.1. The van der Waals surface area contributed by atoms with Gasteiger partial charge in [0.25, 0.3) is 0 Å². The van der Waals surface area contributed by atoms with Crippen molar-refractivity contribution in [2.45, 2.75) is 245 Å². The summed E-state index contributed by atoms with van der Waals surface area (Å²) in [6, 6.07) is 0. The molecule has 5 nitrogen and oxygen atoms in total. The van der Waals surface area contributed by atoms with E-state index in [1.807, 2.05) is 12.2 Å². The molecule has 1 unspecified atom stereocenters. The molecule has 0 rings (SSSR count). The summed E-state index contributed by atoms with van der Waals surface area (Å²) in [7, 11) is 0. The molecule has 0 saturated heterocycles. The number of hydrogen-bond acceptors (Lipinski definition) is 5. The highest BCUT2D eigenvalue weighted by molar-refractivity contribution is 5.71. The minimum absolute atomic E-state index is 0.0248. The summed E-state index contributed by atoms with van der Waals surface area (Å²) in [4.78, 5) is 25.3. The summed E-state index contributed by atoms with van der Waals surface area (Å²) in [5.41, 5.74) is 0. The zero-order valence-corrected chi connectivity index (χ0v) is 40.9. The number of hydrogen-bond donors (Lipinski definition) is 0. The van der Waals surface area contributed by atoms with Crippen LogP contribution in [0.2, 0.25) is 0 Å². The van der Waals surface area contributed by atoms with Crippen LogP contribution in [0.1, 0.15) is 239 Å². The molecule has 0 aliphatic heterocycles. The third-order valence-electron chi connectivity index (χ3n) is 10.9.